The summed E-state index contributed by atoms with van der Waals surface area (Å²) in [5, 5.41) is 0. The highest BCUT2D eigenvalue weighted by Crippen LogP contribution is 2.55. The number of rotatable bonds is 1. The van der Waals surface area contributed by atoms with Gasteiger partial charge in [-0.05, 0) is 43.4 Å². The standard InChI is InChI=1S/C9H15Br/c1-9(7-2-3-7)5-4-8(10)6-9/h7-8H,2-6H2,1H3. The minimum absolute atomic E-state index is 0.730. The molecule has 0 aromatic heterocycles. The van der Waals surface area contributed by atoms with Crippen molar-refractivity contribution in [3.8, 4) is 0 Å². The Morgan fingerprint density at radius 3 is 2.40 bits per heavy atom. The van der Waals surface area contributed by atoms with Crippen LogP contribution in [0.4, 0.5) is 0 Å². The van der Waals surface area contributed by atoms with Crippen LogP contribution in [0.15, 0.2) is 0 Å². The lowest BCUT2D eigenvalue weighted by Gasteiger charge is -2.22. The smallest absolute Gasteiger partial charge is 0.0151 e. The van der Waals surface area contributed by atoms with Crippen LogP contribution in [0.5, 0.6) is 0 Å². The maximum absolute atomic E-state index is 3.71. The van der Waals surface area contributed by atoms with Crippen LogP contribution in [-0.2, 0) is 0 Å². The van der Waals surface area contributed by atoms with Gasteiger partial charge in [-0.25, -0.2) is 0 Å². The first-order chi connectivity index (χ1) is 4.71. The van der Waals surface area contributed by atoms with E-state index in [4.69, 9.17) is 0 Å². The summed E-state index contributed by atoms with van der Waals surface area (Å²) in [5.41, 5.74) is 0.730. The summed E-state index contributed by atoms with van der Waals surface area (Å²) >= 11 is 3.71. The highest BCUT2D eigenvalue weighted by molar-refractivity contribution is 9.09. The van der Waals surface area contributed by atoms with Crippen LogP contribution in [0.3, 0.4) is 0 Å². The number of halogens is 1. The van der Waals surface area contributed by atoms with Crippen LogP contribution >= 0.6 is 15.9 Å². The predicted octanol–water partition coefficient (Wildman–Crippen LogP) is 3.35. The molecule has 10 heavy (non-hydrogen) atoms. The van der Waals surface area contributed by atoms with Crippen LogP contribution < -0.4 is 0 Å². The Bertz CT molecular complexity index is 140. The summed E-state index contributed by atoms with van der Waals surface area (Å²) in [6.45, 7) is 2.48. The quantitative estimate of drug-likeness (QED) is 0.573. The molecule has 0 radical (unpaired) electrons. The van der Waals surface area contributed by atoms with E-state index in [1.54, 1.807) is 0 Å². The third-order valence-corrected chi connectivity index (χ3v) is 4.06. The van der Waals surface area contributed by atoms with Crippen molar-refractivity contribution in [2.45, 2.75) is 43.9 Å². The van der Waals surface area contributed by atoms with Crippen molar-refractivity contribution in [2.75, 3.05) is 0 Å². The monoisotopic (exact) mass is 202 g/mol. The summed E-state index contributed by atoms with van der Waals surface area (Å²) in [4.78, 5) is 0.832. The summed E-state index contributed by atoms with van der Waals surface area (Å²) in [6, 6.07) is 0. The van der Waals surface area contributed by atoms with Crippen molar-refractivity contribution < 1.29 is 0 Å². The van der Waals surface area contributed by atoms with Crippen LogP contribution in [0, 0.1) is 11.3 Å². The molecule has 0 aliphatic heterocycles. The van der Waals surface area contributed by atoms with E-state index in [1.807, 2.05) is 0 Å². The van der Waals surface area contributed by atoms with Gasteiger partial charge in [0.25, 0.3) is 0 Å². The van der Waals surface area contributed by atoms with Crippen molar-refractivity contribution in [2.24, 2.45) is 11.3 Å². The highest BCUT2D eigenvalue weighted by atomic mass is 79.9. The normalized spacial score (nSPS) is 48.0. The van der Waals surface area contributed by atoms with Gasteiger partial charge >= 0.3 is 0 Å². The molecular formula is C9H15Br. The molecule has 2 saturated carbocycles. The van der Waals surface area contributed by atoms with Crippen molar-refractivity contribution in [1.82, 2.24) is 0 Å². The Kier molecular flexibility index (Phi) is 1.59. The molecule has 58 valence electrons. The molecule has 0 aromatic rings. The zero-order valence-electron chi connectivity index (χ0n) is 6.57. The molecule has 0 amide bonds. The van der Waals surface area contributed by atoms with Gasteiger partial charge in [-0.2, -0.15) is 0 Å². The van der Waals surface area contributed by atoms with Crippen molar-refractivity contribution >= 4 is 15.9 Å². The summed E-state index contributed by atoms with van der Waals surface area (Å²) in [7, 11) is 0. The van der Waals surface area contributed by atoms with Crippen molar-refractivity contribution in [3.05, 3.63) is 0 Å². The molecule has 1 heteroatoms. The van der Waals surface area contributed by atoms with Crippen LogP contribution in [0.1, 0.15) is 39.0 Å². The molecule has 2 aliphatic rings. The fourth-order valence-corrected chi connectivity index (χ4v) is 3.32. The molecule has 0 bridgehead atoms. The second-order valence-corrected chi connectivity index (χ2v) is 5.56. The fourth-order valence-electron chi connectivity index (χ4n) is 2.35. The highest BCUT2D eigenvalue weighted by Gasteiger charge is 2.45. The minimum atomic E-state index is 0.730. The molecule has 2 unspecified atom stereocenters. The first kappa shape index (κ1) is 7.15. The average molecular weight is 203 g/mol. The topological polar surface area (TPSA) is 0 Å². The lowest BCUT2D eigenvalue weighted by molar-refractivity contribution is 0.285. The van der Waals surface area contributed by atoms with Gasteiger partial charge in [0.2, 0.25) is 0 Å². The Morgan fingerprint density at radius 2 is 2.00 bits per heavy atom. The lowest BCUT2D eigenvalue weighted by Crippen LogP contribution is -2.14. The van der Waals surface area contributed by atoms with E-state index in [0.29, 0.717) is 0 Å². The predicted molar refractivity (Wildman–Crippen MR) is 47.4 cm³/mol. The Labute approximate surface area is 71.5 Å². The molecule has 2 fully saturated rings. The number of hydrogen-bond acceptors (Lipinski definition) is 0. The van der Waals surface area contributed by atoms with Crippen LogP contribution in [0.2, 0.25) is 0 Å². The number of alkyl halides is 1. The van der Waals surface area contributed by atoms with E-state index in [0.717, 1.165) is 16.2 Å². The summed E-state index contributed by atoms with van der Waals surface area (Å²) in [6.07, 6.45) is 7.32. The largest absolute Gasteiger partial charge is 0.0890 e. The molecule has 0 nitrogen and oxygen atoms in total. The Morgan fingerprint density at radius 1 is 1.30 bits per heavy atom. The first-order valence-electron chi connectivity index (χ1n) is 4.35. The van der Waals surface area contributed by atoms with E-state index in [-0.39, 0.29) is 0 Å². The van der Waals surface area contributed by atoms with Crippen molar-refractivity contribution in [1.29, 1.82) is 0 Å². The van der Waals surface area contributed by atoms with E-state index >= 15 is 0 Å². The molecule has 0 N–H and O–H groups in total. The summed E-state index contributed by atoms with van der Waals surface area (Å²) in [5.74, 6) is 1.09. The van der Waals surface area contributed by atoms with Gasteiger partial charge in [-0.15, -0.1) is 0 Å². The molecule has 0 heterocycles. The minimum Gasteiger partial charge on any atom is -0.0890 e. The Hall–Kier alpha value is 0.480. The molecule has 2 rings (SSSR count). The second kappa shape index (κ2) is 2.23. The average Bonchev–Trinajstić information content (AvgIpc) is 2.62. The molecule has 0 aromatic carbocycles. The van der Waals surface area contributed by atoms with Gasteiger partial charge in [0.15, 0.2) is 0 Å². The van der Waals surface area contributed by atoms with Gasteiger partial charge in [0.05, 0.1) is 0 Å². The van der Waals surface area contributed by atoms with E-state index in [1.165, 1.54) is 32.1 Å². The van der Waals surface area contributed by atoms with Gasteiger partial charge in [-0.1, -0.05) is 22.9 Å². The van der Waals surface area contributed by atoms with Gasteiger partial charge in [-0.3, -0.25) is 0 Å². The van der Waals surface area contributed by atoms with Crippen molar-refractivity contribution in [3.63, 3.8) is 0 Å². The first-order valence-corrected chi connectivity index (χ1v) is 5.26. The van der Waals surface area contributed by atoms with Gasteiger partial charge in [0, 0.05) is 4.83 Å². The Balaban J connectivity index is 2.01. The van der Waals surface area contributed by atoms with E-state index in [2.05, 4.69) is 22.9 Å². The zero-order valence-corrected chi connectivity index (χ0v) is 8.15. The zero-order chi connectivity index (χ0) is 7.19. The molecule has 2 aliphatic carbocycles. The van der Waals surface area contributed by atoms with Gasteiger partial charge < -0.3 is 0 Å². The maximum Gasteiger partial charge on any atom is 0.0151 e. The third kappa shape index (κ3) is 1.13. The number of hydrogen-bond donors (Lipinski definition) is 0. The fraction of sp³-hybridized carbons (Fsp3) is 1.00. The van der Waals surface area contributed by atoms with E-state index in [9.17, 15) is 0 Å². The SMILES string of the molecule is CC1(C2CC2)CCC(Br)C1. The lowest BCUT2D eigenvalue weighted by atomic mass is 9.83. The molecule has 0 saturated heterocycles. The van der Waals surface area contributed by atoms with E-state index < -0.39 is 0 Å². The van der Waals surface area contributed by atoms with Crippen LogP contribution in [0.25, 0.3) is 0 Å². The summed E-state index contributed by atoms with van der Waals surface area (Å²) < 4.78 is 0. The molecular weight excluding hydrogens is 188 g/mol. The molecule has 2 atom stereocenters. The molecule has 0 spiro atoms. The van der Waals surface area contributed by atoms with Crippen LogP contribution in [-0.4, -0.2) is 4.83 Å². The third-order valence-electron chi connectivity index (χ3n) is 3.28. The maximum atomic E-state index is 3.71. The van der Waals surface area contributed by atoms with Gasteiger partial charge in [0.1, 0.15) is 0 Å². The second-order valence-electron chi connectivity index (χ2n) is 4.27.